The van der Waals surface area contributed by atoms with Crippen LogP contribution in [0.4, 0.5) is 0 Å². The molecule has 0 radical (unpaired) electrons. The van der Waals surface area contributed by atoms with Gasteiger partial charge >= 0.3 is 0 Å². The molecule has 2 rings (SSSR count). The van der Waals surface area contributed by atoms with Crippen LogP contribution in [0.5, 0.6) is 0 Å². The Labute approximate surface area is 85.0 Å². The van der Waals surface area contributed by atoms with Gasteiger partial charge in [0.1, 0.15) is 0 Å². The van der Waals surface area contributed by atoms with Crippen molar-refractivity contribution in [2.24, 2.45) is 5.92 Å². The van der Waals surface area contributed by atoms with Gasteiger partial charge in [-0.15, -0.1) is 0 Å². The topological polar surface area (TPSA) is 37.8 Å². The van der Waals surface area contributed by atoms with Crippen LogP contribution in [-0.2, 0) is 6.42 Å². The molecule has 2 heterocycles. The fraction of sp³-hybridized carbons (Fsp3) is 0.636. The Bertz CT molecular complexity index is 316. The molecule has 3 nitrogen and oxygen atoms in total. The second-order valence-electron chi connectivity index (χ2n) is 4.11. The first kappa shape index (κ1) is 9.59. The van der Waals surface area contributed by atoms with Crippen LogP contribution in [0.15, 0.2) is 6.20 Å². The van der Waals surface area contributed by atoms with E-state index in [1.54, 1.807) is 0 Å². The van der Waals surface area contributed by atoms with E-state index in [1.807, 2.05) is 13.1 Å². The quantitative estimate of drug-likeness (QED) is 0.764. The highest BCUT2D eigenvalue weighted by molar-refractivity contribution is 5.12. The fourth-order valence-electron chi connectivity index (χ4n) is 1.99. The Morgan fingerprint density at radius 3 is 3.00 bits per heavy atom. The summed E-state index contributed by atoms with van der Waals surface area (Å²) < 4.78 is 0. The van der Waals surface area contributed by atoms with E-state index in [1.165, 1.54) is 12.1 Å². The molecule has 0 unspecified atom stereocenters. The summed E-state index contributed by atoms with van der Waals surface area (Å²) in [4.78, 5) is 8.88. The maximum atomic E-state index is 4.45. The van der Waals surface area contributed by atoms with Crippen LogP contribution in [0, 0.1) is 19.8 Å². The van der Waals surface area contributed by atoms with Crippen LogP contribution in [0.3, 0.4) is 0 Å². The molecule has 1 aliphatic rings. The molecule has 0 aliphatic carbocycles. The van der Waals surface area contributed by atoms with Crippen molar-refractivity contribution >= 4 is 0 Å². The zero-order valence-corrected chi connectivity index (χ0v) is 8.88. The van der Waals surface area contributed by atoms with Crippen LogP contribution < -0.4 is 5.32 Å². The van der Waals surface area contributed by atoms with Crippen molar-refractivity contribution < 1.29 is 0 Å². The molecule has 3 heteroatoms. The lowest BCUT2D eigenvalue weighted by Gasteiger charge is -2.09. The van der Waals surface area contributed by atoms with E-state index < -0.39 is 0 Å². The molecule has 1 aromatic rings. The lowest BCUT2D eigenvalue weighted by atomic mass is 10.0. The summed E-state index contributed by atoms with van der Waals surface area (Å²) in [5, 5.41) is 3.38. The molecule has 1 N–H and O–H groups in total. The van der Waals surface area contributed by atoms with Gasteiger partial charge in [-0.3, -0.25) is 9.97 Å². The van der Waals surface area contributed by atoms with Crippen molar-refractivity contribution in [3.8, 4) is 0 Å². The first-order chi connectivity index (χ1) is 6.75. The minimum Gasteiger partial charge on any atom is -0.316 e. The van der Waals surface area contributed by atoms with Crippen LogP contribution in [0.1, 0.15) is 23.5 Å². The van der Waals surface area contributed by atoms with Gasteiger partial charge in [-0.1, -0.05) is 0 Å². The van der Waals surface area contributed by atoms with E-state index in [-0.39, 0.29) is 0 Å². The van der Waals surface area contributed by atoms with Crippen molar-refractivity contribution in [2.45, 2.75) is 26.7 Å². The number of nitrogens with one attached hydrogen (secondary N) is 1. The monoisotopic (exact) mass is 191 g/mol. The van der Waals surface area contributed by atoms with E-state index in [9.17, 15) is 0 Å². The maximum absolute atomic E-state index is 4.45. The Morgan fingerprint density at radius 1 is 1.50 bits per heavy atom. The largest absolute Gasteiger partial charge is 0.316 e. The zero-order valence-electron chi connectivity index (χ0n) is 8.88. The molecule has 0 amide bonds. The Balaban J connectivity index is 2.08. The molecule has 1 atom stereocenters. The third kappa shape index (κ3) is 2.10. The van der Waals surface area contributed by atoms with E-state index in [0.717, 1.165) is 36.8 Å². The highest BCUT2D eigenvalue weighted by Gasteiger charge is 2.16. The van der Waals surface area contributed by atoms with E-state index in [4.69, 9.17) is 0 Å². The Hall–Kier alpha value is -0.960. The smallest absolute Gasteiger partial charge is 0.0619 e. The van der Waals surface area contributed by atoms with Gasteiger partial charge in [0.15, 0.2) is 0 Å². The average molecular weight is 191 g/mol. The molecule has 1 saturated heterocycles. The van der Waals surface area contributed by atoms with Gasteiger partial charge in [-0.2, -0.15) is 0 Å². The molecule has 0 aromatic carbocycles. The maximum Gasteiger partial charge on any atom is 0.0619 e. The van der Waals surface area contributed by atoms with Gasteiger partial charge in [0, 0.05) is 6.20 Å². The number of hydrogen-bond donors (Lipinski definition) is 1. The number of aromatic nitrogens is 2. The Kier molecular flexibility index (Phi) is 2.77. The molecule has 76 valence electrons. The molecule has 0 saturated carbocycles. The summed E-state index contributed by atoms with van der Waals surface area (Å²) >= 11 is 0. The molecular formula is C11H17N3. The lowest BCUT2D eigenvalue weighted by Crippen LogP contribution is -2.12. The van der Waals surface area contributed by atoms with Gasteiger partial charge in [0.25, 0.3) is 0 Å². The first-order valence-corrected chi connectivity index (χ1v) is 5.25. The summed E-state index contributed by atoms with van der Waals surface area (Å²) in [6.45, 7) is 6.33. The lowest BCUT2D eigenvalue weighted by molar-refractivity contribution is 0.567. The number of hydrogen-bond acceptors (Lipinski definition) is 3. The van der Waals surface area contributed by atoms with Crippen LogP contribution >= 0.6 is 0 Å². The third-order valence-corrected chi connectivity index (χ3v) is 2.81. The first-order valence-electron chi connectivity index (χ1n) is 5.25. The third-order valence-electron chi connectivity index (χ3n) is 2.81. The number of aryl methyl sites for hydroxylation is 2. The van der Waals surface area contributed by atoms with Gasteiger partial charge in [-0.25, -0.2) is 0 Å². The van der Waals surface area contributed by atoms with Crippen molar-refractivity contribution in [1.82, 2.24) is 15.3 Å². The summed E-state index contributed by atoms with van der Waals surface area (Å²) in [5.74, 6) is 0.755. The minimum absolute atomic E-state index is 0.755. The van der Waals surface area contributed by atoms with Gasteiger partial charge in [0.2, 0.25) is 0 Å². The second-order valence-corrected chi connectivity index (χ2v) is 4.11. The molecule has 1 aliphatic heterocycles. The number of nitrogens with zero attached hydrogens (tertiary/aromatic N) is 2. The predicted molar refractivity (Wildman–Crippen MR) is 56.2 cm³/mol. The van der Waals surface area contributed by atoms with Crippen LogP contribution in [0.2, 0.25) is 0 Å². The molecule has 0 bridgehead atoms. The Morgan fingerprint density at radius 2 is 2.36 bits per heavy atom. The minimum atomic E-state index is 0.755. The van der Waals surface area contributed by atoms with Crippen molar-refractivity contribution in [3.05, 3.63) is 23.3 Å². The van der Waals surface area contributed by atoms with Gasteiger partial charge < -0.3 is 5.32 Å². The summed E-state index contributed by atoms with van der Waals surface area (Å²) in [6.07, 6.45) is 4.21. The van der Waals surface area contributed by atoms with Gasteiger partial charge in [0.05, 0.1) is 17.1 Å². The highest BCUT2D eigenvalue weighted by atomic mass is 14.9. The average Bonchev–Trinajstić information content (AvgIpc) is 2.62. The normalized spacial score (nSPS) is 21.4. The van der Waals surface area contributed by atoms with Gasteiger partial charge in [-0.05, 0) is 45.7 Å². The molecule has 0 spiro atoms. The molecular weight excluding hydrogens is 174 g/mol. The van der Waals surface area contributed by atoms with E-state index in [2.05, 4.69) is 22.2 Å². The molecule has 14 heavy (non-hydrogen) atoms. The number of rotatable bonds is 2. The van der Waals surface area contributed by atoms with Crippen molar-refractivity contribution in [2.75, 3.05) is 13.1 Å². The predicted octanol–water partition coefficient (Wildman–Crippen LogP) is 1.25. The fourth-order valence-corrected chi connectivity index (χ4v) is 1.99. The van der Waals surface area contributed by atoms with E-state index in [0.29, 0.717) is 0 Å². The van der Waals surface area contributed by atoms with E-state index >= 15 is 0 Å². The summed E-state index contributed by atoms with van der Waals surface area (Å²) in [7, 11) is 0. The standard InChI is InChI=1S/C11H17N3/c1-8-6-13-11(9(2)14-8)5-10-3-4-12-7-10/h6,10,12H,3-5,7H2,1-2H3/t10-/m1/s1. The zero-order chi connectivity index (χ0) is 9.97. The van der Waals surface area contributed by atoms with Crippen molar-refractivity contribution in [1.29, 1.82) is 0 Å². The highest BCUT2D eigenvalue weighted by Crippen LogP contribution is 2.15. The summed E-state index contributed by atoms with van der Waals surface area (Å²) in [5.41, 5.74) is 3.27. The second kappa shape index (κ2) is 4.05. The van der Waals surface area contributed by atoms with Crippen LogP contribution in [0.25, 0.3) is 0 Å². The van der Waals surface area contributed by atoms with Crippen LogP contribution in [-0.4, -0.2) is 23.1 Å². The summed E-state index contributed by atoms with van der Waals surface area (Å²) in [6, 6.07) is 0. The molecule has 1 aromatic heterocycles. The van der Waals surface area contributed by atoms with Crippen molar-refractivity contribution in [3.63, 3.8) is 0 Å². The molecule has 1 fully saturated rings. The SMILES string of the molecule is Cc1cnc(C[C@H]2CCNC2)c(C)n1.